The number of nitrogens with zero attached hydrogens (tertiary/aromatic N) is 2. The van der Waals surface area contributed by atoms with Crippen molar-refractivity contribution in [3.63, 3.8) is 0 Å². The maximum Gasteiger partial charge on any atom is 0.110 e. The minimum absolute atomic E-state index is 0.262. The smallest absolute Gasteiger partial charge is 0.110 e. The molecular formula is C9H16BrN3O. The van der Waals surface area contributed by atoms with Crippen LogP contribution < -0.4 is 5.73 Å². The van der Waals surface area contributed by atoms with Gasteiger partial charge in [0.2, 0.25) is 0 Å². The summed E-state index contributed by atoms with van der Waals surface area (Å²) in [6, 6.07) is -0.0329. The molecule has 3 N–H and O–H groups in total. The van der Waals surface area contributed by atoms with E-state index in [0.29, 0.717) is 0 Å². The molecule has 2 unspecified atom stereocenters. The number of halogens is 1. The summed E-state index contributed by atoms with van der Waals surface area (Å²) in [5, 5.41) is 13.9. The Hall–Kier alpha value is -0.390. The van der Waals surface area contributed by atoms with Crippen LogP contribution in [0.25, 0.3) is 0 Å². The van der Waals surface area contributed by atoms with Gasteiger partial charge in [-0.3, -0.25) is 4.68 Å². The van der Waals surface area contributed by atoms with E-state index < -0.39 is 6.10 Å². The van der Waals surface area contributed by atoms with Gasteiger partial charge in [0.25, 0.3) is 0 Å². The van der Waals surface area contributed by atoms with Gasteiger partial charge in [-0.1, -0.05) is 0 Å². The Balaban J connectivity index is 3.00. The summed E-state index contributed by atoms with van der Waals surface area (Å²) in [6.07, 6.45) is 0.981. The van der Waals surface area contributed by atoms with Gasteiger partial charge in [0.05, 0.1) is 12.3 Å². The Morgan fingerprint density at radius 3 is 2.43 bits per heavy atom. The zero-order chi connectivity index (χ0) is 10.9. The van der Waals surface area contributed by atoms with Gasteiger partial charge in [0.15, 0.2) is 0 Å². The van der Waals surface area contributed by atoms with E-state index in [9.17, 15) is 5.11 Å². The Morgan fingerprint density at radius 2 is 2.07 bits per heavy atom. The molecule has 0 fully saturated rings. The first-order chi connectivity index (χ1) is 6.45. The molecule has 0 aliphatic heterocycles. The predicted molar refractivity (Wildman–Crippen MR) is 58.9 cm³/mol. The van der Waals surface area contributed by atoms with Crippen molar-refractivity contribution in [3.05, 3.63) is 16.4 Å². The molecule has 0 radical (unpaired) electrons. The Kier molecular flexibility index (Phi) is 3.69. The lowest BCUT2D eigenvalue weighted by molar-refractivity contribution is 0.152. The van der Waals surface area contributed by atoms with E-state index in [-0.39, 0.29) is 12.1 Å². The Bertz CT molecular complexity index is 309. The average Bonchev–Trinajstić information content (AvgIpc) is 2.45. The van der Waals surface area contributed by atoms with Gasteiger partial charge in [0, 0.05) is 17.6 Å². The fourth-order valence-electron chi connectivity index (χ4n) is 1.20. The van der Waals surface area contributed by atoms with Crippen LogP contribution in [0.15, 0.2) is 10.8 Å². The SMILES string of the molecule is CC(N)C(O)c1cnn(C(C)C)c1Br. The maximum absolute atomic E-state index is 9.77. The Labute approximate surface area is 92.2 Å². The summed E-state index contributed by atoms with van der Waals surface area (Å²) < 4.78 is 2.61. The minimum atomic E-state index is -0.670. The lowest BCUT2D eigenvalue weighted by Gasteiger charge is -2.14. The van der Waals surface area contributed by atoms with E-state index in [1.54, 1.807) is 17.8 Å². The van der Waals surface area contributed by atoms with Crippen LogP contribution in [-0.4, -0.2) is 20.9 Å². The average molecular weight is 262 g/mol. The first-order valence-corrected chi connectivity index (χ1v) is 5.41. The molecular weight excluding hydrogens is 246 g/mol. The van der Waals surface area contributed by atoms with Crippen LogP contribution >= 0.6 is 15.9 Å². The van der Waals surface area contributed by atoms with Gasteiger partial charge >= 0.3 is 0 Å². The van der Waals surface area contributed by atoms with E-state index in [1.165, 1.54) is 0 Å². The van der Waals surface area contributed by atoms with E-state index in [0.717, 1.165) is 10.2 Å². The molecule has 0 aromatic carbocycles. The van der Waals surface area contributed by atoms with Crippen molar-refractivity contribution in [1.82, 2.24) is 9.78 Å². The van der Waals surface area contributed by atoms with E-state index in [2.05, 4.69) is 21.0 Å². The van der Waals surface area contributed by atoms with E-state index >= 15 is 0 Å². The van der Waals surface area contributed by atoms with Crippen molar-refractivity contribution in [1.29, 1.82) is 0 Å². The van der Waals surface area contributed by atoms with Gasteiger partial charge in [-0.15, -0.1) is 0 Å². The molecule has 0 bridgehead atoms. The number of hydrogen-bond acceptors (Lipinski definition) is 3. The van der Waals surface area contributed by atoms with Crippen molar-refractivity contribution in [3.8, 4) is 0 Å². The second-order valence-electron chi connectivity index (χ2n) is 3.73. The number of aliphatic hydroxyl groups excluding tert-OH is 1. The molecule has 0 saturated carbocycles. The third kappa shape index (κ3) is 2.16. The van der Waals surface area contributed by atoms with Crippen molar-refractivity contribution in [2.75, 3.05) is 0 Å². The van der Waals surface area contributed by atoms with Crippen LogP contribution in [0, 0.1) is 0 Å². The fourth-order valence-corrected chi connectivity index (χ4v) is 2.04. The molecule has 0 amide bonds. The molecule has 0 spiro atoms. The van der Waals surface area contributed by atoms with E-state index in [4.69, 9.17) is 5.73 Å². The van der Waals surface area contributed by atoms with Gasteiger partial charge in [0.1, 0.15) is 4.60 Å². The molecule has 4 nitrogen and oxygen atoms in total. The highest BCUT2D eigenvalue weighted by atomic mass is 79.9. The molecule has 0 aliphatic carbocycles. The number of aliphatic hydroxyl groups is 1. The zero-order valence-electron chi connectivity index (χ0n) is 8.61. The lowest BCUT2D eigenvalue weighted by Crippen LogP contribution is -2.24. The molecule has 1 heterocycles. The molecule has 80 valence electrons. The fraction of sp³-hybridized carbons (Fsp3) is 0.667. The summed E-state index contributed by atoms with van der Waals surface area (Å²) in [4.78, 5) is 0. The monoisotopic (exact) mass is 261 g/mol. The maximum atomic E-state index is 9.77. The first-order valence-electron chi connectivity index (χ1n) is 4.61. The molecule has 2 atom stereocenters. The van der Waals surface area contributed by atoms with Crippen molar-refractivity contribution < 1.29 is 5.11 Å². The third-order valence-electron chi connectivity index (χ3n) is 2.07. The predicted octanol–water partition coefficient (Wildman–Crippen LogP) is 1.61. The quantitative estimate of drug-likeness (QED) is 0.869. The summed E-state index contributed by atoms with van der Waals surface area (Å²) >= 11 is 3.41. The van der Waals surface area contributed by atoms with Crippen LogP contribution in [0.2, 0.25) is 0 Å². The number of hydrogen-bond donors (Lipinski definition) is 2. The second-order valence-corrected chi connectivity index (χ2v) is 4.48. The highest BCUT2D eigenvalue weighted by molar-refractivity contribution is 9.10. The number of rotatable bonds is 3. The van der Waals surface area contributed by atoms with Crippen molar-refractivity contribution in [2.45, 2.75) is 39.0 Å². The third-order valence-corrected chi connectivity index (χ3v) is 2.89. The standard InChI is InChI=1S/C9H16BrN3O/c1-5(2)13-9(10)7(4-12-13)8(14)6(3)11/h4-6,8,14H,11H2,1-3H3. The van der Waals surface area contributed by atoms with Gasteiger partial charge in [-0.05, 0) is 36.7 Å². The summed E-state index contributed by atoms with van der Waals surface area (Å²) in [5.74, 6) is 0. The van der Waals surface area contributed by atoms with Gasteiger partial charge < -0.3 is 10.8 Å². The molecule has 5 heteroatoms. The topological polar surface area (TPSA) is 64.1 Å². The zero-order valence-corrected chi connectivity index (χ0v) is 10.2. The van der Waals surface area contributed by atoms with Crippen LogP contribution in [0.4, 0.5) is 0 Å². The molecule has 1 aromatic rings. The molecule has 14 heavy (non-hydrogen) atoms. The minimum Gasteiger partial charge on any atom is -0.387 e. The molecule has 1 aromatic heterocycles. The molecule has 1 rings (SSSR count). The second kappa shape index (κ2) is 4.42. The summed E-state index contributed by atoms with van der Waals surface area (Å²) in [5.41, 5.74) is 6.36. The first kappa shape index (κ1) is 11.7. The highest BCUT2D eigenvalue weighted by Gasteiger charge is 2.20. The van der Waals surface area contributed by atoms with Crippen LogP contribution in [0.1, 0.15) is 38.5 Å². The number of nitrogens with two attached hydrogens (primary N) is 1. The number of aromatic nitrogens is 2. The van der Waals surface area contributed by atoms with Crippen LogP contribution in [0.5, 0.6) is 0 Å². The summed E-state index contributed by atoms with van der Waals surface area (Å²) in [6.45, 7) is 5.82. The molecule has 0 saturated heterocycles. The largest absolute Gasteiger partial charge is 0.387 e. The van der Waals surface area contributed by atoms with Crippen molar-refractivity contribution >= 4 is 15.9 Å². The van der Waals surface area contributed by atoms with Crippen LogP contribution in [-0.2, 0) is 0 Å². The van der Waals surface area contributed by atoms with E-state index in [1.807, 2.05) is 13.8 Å². The highest BCUT2D eigenvalue weighted by Crippen LogP contribution is 2.26. The normalized spacial score (nSPS) is 15.9. The van der Waals surface area contributed by atoms with Crippen molar-refractivity contribution in [2.24, 2.45) is 5.73 Å². The van der Waals surface area contributed by atoms with Gasteiger partial charge in [-0.2, -0.15) is 5.10 Å². The molecule has 0 aliphatic rings. The van der Waals surface area contributed by atoms with Crippen LogP contribution in [0.3, 0.4) is 0 Å². The Morgan fingerprint density at radius 1 is 1.50 bits per heavy atom. The van der Waals surface area contributed by atoms with Gasteiger partial charge in [-0.25, -0.2) is 0 Å². The lowest BCUT2D eigenvalue weighted by atomic mass is 10.1. The summed E-state index contributed by atoms with van der Waals surface area (Å²) in [7, 11) is 0.